The quantitative estimate of drug-likeness (QED) is 0.735. The van der Waals surface area contributed by atoms with Gasteiger partial charge in [0.2, 0.25) is 5.91 Å². The van der Waals surface area contributed by atoms with Crippen molar-refractivity contribution in [3.05, 3.63) is 71.3 Å². The number of aryl methyl sites for hydroxylation is 1. The number of amides is 1. The zero-order valence-electron chi connectivity index (χ0n) is 15.5. The Hall–Kier alpha value is -2.62. The number of hydrogen-bond acceptors (Lipinski definition) is 2. The summed E-state index contributed by atoms with van der Waals surface area (Å²) < 4.78 is 0. The van der Waals surface area contributed by atoms with Crippen molar-refractivity contribution >= 4 is 11.9 Å². The van der Waals surface area contributed by atoms with E-state index in [0.717, 1.165) is 12.8 Å². The molecule has 0 aliphatic carbocycles. The molecule has 2 aromatic carbocycles. The largest absolute Gasteiger partial charge is 0.478 e. The van der Waals surface area contributed by atoms with Crippen LogP contribution in [0.5, 0.6) is 0 Å². The van der Waals surface area contributed by atoms with Gasteiger partial charge in [-0.2, -0.15) is 0 Å². The summed E-state index contributed by atoms with van der Waals surface area (Å²) in [5.41, 5.74) is 2.21. The molecule has 4 heteroatoms. The number of hydrogen-bond donors (Lipinski definition) is 1. The lowest BCUT2D eigenvalue weighted by Gasteiger charge is -2.30. The van der Waals surface area contributed by atoms with Crippen LogP contribution in [0.15, 0.2) is 54.6 Å². The average Bonchev–Trinajstić information content (AvgIpc) is 2.67. The third kappa shape index (κ3) is 5.19. The number of aromatic carboxylic acids is 1. The summed E-state index contributed by atoms with van der Waals surface area (Å²) >= 11 is 0. The summed E-state index contributed by atoms with van der Waals surface area (Å²) in [5, 5.41) is 9.28. The number of carbonyl (C=O) groups is 2. The summed E-state index contributed by atoms with van der Waals surface area (Å²) in [5.74, 6) is -0.869. The van der Waals surface area contributed by atoms with Gasteiger partial charge >= 0.3 is 5.97 Å². The van der Waals surface area contributed by atoms with Crippen molar-refractivity contribution in [1.29, 1.82) is 0 Å². The van der Waals surface area contributed by atoms with Crippen LogP contribution in [0, 0.1) is 0 Å². The molecule has 1 unspecified atom stereocenters. The van der Waals surface area contributed by atoms with E-state index in [4.69, 9.17) is 0 Å². The predicted molar refractivity (Wildman–Crippen MR) is 103 cm³/mol. The fourth-order valence-corrected chi connectivity index (χ4v) is 3.33. The highest BCUT2D eigenvalue weighted by atomic mass is 16.4. The Balaban J connectivity index is 2.04. The van der Waals surface area contributed by atoms with Crippen molar-refractivity contribution in [3.63, 3.8) is 0 Å². The minimum Gasteiger partial charge on any atom is -0.478 e. The van der Waals surface area contributed by atoms with Gasteiger partial charge in [0.25, 0.3) is 0 Å². The second-order valence-electron chi connectivity index (χ2n) is 6.39. The molecule has 2 aromatic rings. The first-order valence-electron chi connectivity index (χ1n) is 9.21. The third-order valence-electron chi connectivity index (χ3n) is 4.74. The number of carboxylic acid groups (broad SMARTS) is 1. The lowest BCUT2D eigenvalue weighted by Crippen LogP contribution is -2.41. The van der Waals surface area contributed by atoms with E-state index in [1.165, 1.54) is 5.56 Å². The van der Waals surface area contributed by atoms with Crippen LogP contribution in [0.3, 0.4) is 0 Å². The minimum absolute atomic E-state index is 0.0791. The molecule has 0 bridgehead atoms. The number of likely N-dealkylation sites (N-methyl/N-ethyl adjacent to an activating group) is 1. The molecule has 0 aliphatic heterocycles. The molecular weight excluding hydrogens is 326 g/mol. The molecule has 26 heavy (non-hydrogen) atoms. The first-order chi connectivity index (χ1) is 12.6. The second kappa shape index (κ2) is 9.76. The van der Waals surface area contributed by atoms with Gasteiger partial charge in [-0.1, -0.05) is 55.5 Å². The van der Waals surface area contributed by atoms with E-state index < -0.39 is 5.97 Å². The van der Waals surface area contributed by atoms with Crippen molar-refractivity contribution in [1.82, 2.24) is 4.90 Å². The van der Waals surface area contributed by atoms with Crippen LogP contribution >= 0.6 is 0 Å². The molecule has 0 heterocycles. The summed E-state index contributed by atoms with van der Waals surface area (Å²) in [4.78, 5) is 26.0. The first-order valence-corrected chi connectivity index (χ1v) is 9.21. The molecule has 0 aromatic heterocycles. The molecule has 4 nitrogen and oxygen atoms in total. The highest BCUT2D eigenvalue weighted by molar-refractivity contribution is 5.89. The minimum atomic E-state index is -0.948. The summed E-state index contributed by atoms with van der Waals surface area (Å²) in [6, 6.07) is 17.3. The highest BCUT2D eigenvalue weighted by Gasteiger charge is 2.21. The van der Waals surface area contributed by atoms with E-state index in [-0.39, 0.29) is 17.5 Å². The van der Waals surface area contributed by atoms with Gasteiger partial charge in [0, 0.05) is 19.0 Å². The molecule has 0 saturated heterocycles. The van der Waals surface area contributed by atoms with Crippen molar-refractivity contribution < 1.29 is 14.7 Å². The number of carboxylic acids is 1. The van der Waals surface area contributed by atoms with E-state index in [1.807, 2.05) is 36.1 Å². The maximum absolute atomic E-state index is 12.8. The van der Waals surface area contributed by atoms with Crippen LogP contribution < -0.4 is 0 Å². The van der Waals surface area contributed by atoms with Gasteiger partial charge in [-0.05, 0) is 43.4 Å². The molecule has 0 saturated carbocycles. The van der Waals surface area contributed by atoms with Crippen molar-refractivity contribution in [2.45, 2.75) is 45.6 Å². The Labute approximate surface area is 155 Å². The number of benzene rings is 2. The number of carbonyl (C=O) groups excluding carboxylic acids is 1. The van der Waals surface area contributed by atoms with Crippen LogP contribution in [-0.4, -0.2) is 34.5 Å². The summed E-state index contributed by atoms with van der Waals surface area (Å²) in [6.07, 6.45) is 2.49. The molecule has 0 fully saturated rings. The van der Waals surface area contributed by atoms with E-state index in [2.05, 4.69) is 19.1 Å². The zero-order valence-corrected chi connectivity index (χ0v) is 15.5. The van der Waals surface area contributed by atoms with Crippen molar-refractivity contribution in [2.24, 2.45) is 0 Å². The van der Waals surface area contributed by atoms with Crippen LogP contribution in [-0.2, 0) is 17.6 Å². The second-order valence-corrected chi connectivity index (χ2v) is 6.39. The molecule has 1 amide bonds. The molecule has 2 rings (SSSR count). The Bertz CT molecular complexity index is 727. The van der Waals surface area contributed by atoms with Gasteiger partial charge in [-0.15, -0.1) is 0 Å². The molecule has 1 atom stereocenters. The SMILES string of the molecule is CCC(Cc1ccccc1)N(CC)C(=O)CCc1ccccc1C(=O)O. The standard InChI is InChI=1S/C22H27NO3/c1-3-19(16-17-10-6-5-7-11-17)23(4-2)21(24)15-14-18-12-8-9-13-20(18)22(25)26/h5-13,19H,3-4,14-16H2,1-2H3,(H,25,26). The normalized spacial score (nSPS) is 11.8. The Morgan fingerprint density at radius 3 is 2.27 bits per heavy atom. The topological polar surface area (TPSA) is 57.6 Å². The van der Waals surface area contributed by atoms with Crippen LogP contribution in [0.1, 0.15) is 48.2 Å². The smallest absolute Gasteiger partial charge is 0.335 e. The fourth-order valence-electron chi connectivity index (χ4n) is 3.33. The van der Waals surface area contributed by atoms with Gasteiger partial charge < -0.3 is 10.0 Å². The van der Waals surface area contributed by atoms with Crippen LogP contribution in [0.25, 0.3) is 0 Å². The average molecular weight is 353 g/mol. The monoisotopic (exact) mass is 353 g/mol. The number of nitrogens with zero attached hydrogens (tertiary/aromatic N) is 1. The Kier molecular flexibility index (Phi) is 7.39. The molecule has 0 radical (unpaired) electrons. The highest BCUT2D eigenvalue weighted by Crippen LogP contribution is 2.16. The van der Waals surface area contributed by atoms with Crippen LogP contribution in [0.2, 0.25) is 0 Å². The maximum Gasteiger partial charge on any atom is 0.335 e. The van der Waals surface area contributed by atoms with Crippen molar-refractivity contribution in [2.75, 3.05) is 6.54 Å². The Morgan fingerprint density at radius 2 is 1.65 bits per heavy atom. The van der Waals surface area contributed by atoms with Gasteiger partial charge in [-0.25, -0.2) is 4.79 Å². The lowest BCUT2D eigenvalue weighted by molar-refractivity contribution is -0.133. The zero-order chi connectivity index (χ0) is 18.9. The molecule has 138 valence electrons. The molecular formula is C22H27NO3. The molecule has 1 N–H and O–H groups in total. The number of rotatable bonds is 9. The van der Waals surface area contributed by atoms with Crippen molar-refractivity contribution in [3.8, 4) is 0 Å². The van der Waals surface area contributed by atoms with E-state index >= 15 is 0 Å². The summed E-state index contributed by atoms with van der Waals surface area (Å²) in [6.45, 7) is 4.75. The van der Waals surface area contributed by atoms with E-state index in [1.54, 1.807) is 18.2 Å². The van der Waals surface area contributed by atoms with Gasteiger partial charge in [0.05, 0.1) is 5.56 Å². The van der Waals surface area contributed by atoms with Gasteiger partial charge in [0.1, 0.15) is 0 Å². The molecule has 0 spiro atoms. The molecule has 0 aliphatic rings. The van der Waals surface area contributed by atoms with Crippen LogP contribution in [0.4, 0.5) is 0 Å². The third-order valence-corrected chi connectivity index (χ3v) is 4.74. The van der Waals surface area contributed by atoms with Gasteiger partial charge in [-0.3, -0.25) is 4.79 Å². The lowest BCUT2D eigenvalue weighted by atomic mass is 10.00. The first kappa shape index (κ1) is 19.7. The fraction of sp³-hybridized carbons (Fsp3) is 0.364. The Morgan fingerprint density at radius 1 is 1.00 bits per heavy atom. The predicted octanol–water partition coefficient (Wildman–Crippen LogP) is 4.19. The van der Waals surface area contributed by atoms with E-state index in [9.17, 15) is 14.7 Å². The summed E-state index contributed by atoms with van der Waals surface area (Å²) in [7, 11) is 0. The van der Waals surface area contributed by atoms with Gasteiger partial charge in [0.15, 0.2) is 0 Å². The van der Waals surface area contributed by atoms with E-state index in [0.29, 0.717) is 24.9 Å². The maximum atomic E-state index is 12.8.